The highest BCUT2D eigenvalue weighted by Crippen LogP contribution is 2.10. The first-order chi connectivity index (χ1) is 6.81. The van der Waals surface area contributed by atoms with Gasteiger partial charge < -0.3 is 5.73 Å². The summed E-state index contributed by atoms with van der Waals surface area (Å²) in [7, 11) is 0. The number of rotatable bonds is 2. The molecular weight excluding hydrogens is 176 g/mol. The van der Waals surface area contributed by atoms with Crippen molar-refractivity contribution in [1.82, 2.24) is 14.8 Å². The van der Waals surface area contributed by atoms with Gasteiger partial charge in [-0.3, -0.25) is 4.57 Å². The Bertz CT molecular complexity index is 416. The van der Waals surface area contributed by atoms with Gasteiger partial charge in [-0.05, 0) is 24.6 Å². The van der Waals surface area contributed by atoms with E-state index in [0.29, 0.717) is 6.54 Å². The first kappa shape index (κ1) is 8.90. The highest BCUT2D eigenvalue weighted by atomic mass is 15.3. The van der Waals surface area contributed by atoms with Crippen LogP contribution in [0, 0.1) is 6.92 Å². The molecule has 4 nitrogen and oxygen atoms in total. The van der Waals surface area contributed by atoms with Gasteiger partial charge in [-0.2, -0.15) is 0 Å². The zero-order chi connectivity index (χ0) is 9.97. The fourth-order valence-electron chi connectivity index (χ4n) is 1.34. The lowest BCUT2D eigenvalue weighted by molar-refractivity contribution is 0.965. The zero-order valence-electron chi connectivity index (χ0n) is 8.01. The number of aryl methyl sites for hydroxylation is 1. The van der Waals surface area contributed by atoms with Crippen LogP contribution < -0.4 is 5.73 Å². The minimum Gasteiger partial charge on any atom is -0.326 e. The molecule has 0 aliphatic heterocycles. The largest absolute Gasteiger partial charge is 0.326 e. The van der Waals surface area contributed by atoms with E-state index in [4.69, 9.17) is 5.73 Å². The summed E-state index contributed by atoms with van der Waals surface area (Å²) in [5.74, 6) is 0.880. The van der Waals surface area contributed by atoms with Gasteiger partial charge >= 0.3 is 0 Å². The van der Waals surface area contributed by atoms with Crippen LogP contribution in [0.1, 0.15) is 11.4 Å². The molecule has 14 heavy (non-hydrogen) atoms. The van der Waals surface area contributed by atoms with Crippen LogP contribution in [0.3, 0.4) is 0 Å². The lowest BCUT2D eigenvalue weighted by Crippen LogP contribution is -1.98. The van der Waals surface area contributed by atoms with E-state index >= 15 is 0 Å². The van der Waals surface area contributed by atoms with E-state index in [9.17, 15) is 0 Å². The highest BCUT2D eigenvalue weighted by molar-refractivity contribution is 5.35. The van der Waals surface area contributed by atoms with Gasteiger partial charge in [0.15, 0.2) is 0 Å². The first-order valence-electron chi connectivity index (χ1n) is 4.47. The molecule has 1 aromatic heterocycles. The molecule has 72 valence electrons. The Kier molecular flexibility index (Phi) is 2.28. The summed E-state index contributed by atoms with van der Waals surface area (Å²) < 4.78 is 1.93. The van der Waals surface area contributed by atoms with Crippen LogP contribution in [-0.4, -0.2) is 14.8 Å². The van der Waals surface area contributed by atoms with Crippen LogP contribution in [-0.2, 0) is 6.54 Å². The van der Waals surface area contributed by atoms with Crippen molar-refractivity contribution in [3.63, 3.8) is 0 Å². The molecule has 0 aliphatic rings. The van der Waals surface area contributed by atoms with Crippen LogP contribution in [0.2, 0.25) is 0 Å². The summed E-state index contributed by atoms with van der Waals surface area (Å²) in [6, 6.07) is 8.04. The monoisotopic (exact) mass is 188 g/mol. The number of nitrogens with zero attached hydrogens (tertiary/aromatic N) is 3. The number of aromatic nitrogens is 3. The molecule has 1 heterocycles. The van der Waals surface area contributed by atoms with Gasteiger partial charge in [0.2, 0.25) is 0 Å². The number of hydrogen-bond acceptors (Lipinski definition) is 3. The molecule has 2 rings (SSSR count). The lowest BCUT2D eigenvalue weighted by atomic mass is 10.2. The molecule has 0 saturated heterocycles. The Morgan fingerprint density at radius 3 is 2.50 bits per heavy atom. The maximum absolute atomic E-state index is 5.52. The van der Waals surface area contributed by atoms with Crippen LogP contribution in [0.15, 0.2) is 30.6 Å². The SMILES string of the molecule is Cc1nncn1-c1ccc(CN)cc1. The maximum Gasteiger partial charge on any atom is 0.134 e. The maximum atomic E-state index is 5.52. The predicted molar refractivity (Wildman–Crippen MR) is 54.0 cm³/mol. The smallest absolute Gasteiger partial charge is 0.134 e. The minimum atomic E-state index is 0.571. The van der Waals surface area contributed by atoms with E-state index in [1.54, 1.807) is 6.33 Å². The number of benzene rings is 1. The average molecular weight is 188 g/mol. The van der Waals surface area contributed by atoms with Gasteiger partial charge in [-0.25, -0.2) is 0 Å². The van der Waals surface area contributed by atoms with Crippen molar-refractivity contribution in [1.29, 1.82) is 0 Å². The van der Waals surface area contributed by atoms with Crippen LogP contribution >= 0.6 is 0 Å². The van der Waals surface area contributed by atoms with E-state index in [-0.39, 0.29) is 0 Å². The molecule has 0 radical (unpaired) electrons. The number of nitrogens with two attached hydrogens (primary N) is 1. The second kappa shape index (κ2) is 3.59. The summed E-state index contributed by atoms with van der Waals surface area (Å²) in [5, 5.41) is 7.75. The van der Waals surface area contributed by atoms with Crippen molar-refractivity contribution in [3.8, 4) is 5.69 Å². The van der Waals surface area contributed by atoms with Gasteiger partial charge in [0, 0.05) is 12.2 Å². The van der Waals surface area contributed by atoms with Crippen LogP contribution in [0.25, 0.3) is 5.69 Å². The third-order valence-corrected chi connectivity index (χ3v) is 2.17. The van der Waals surface area contributed by atoms with E-state index in [0.717, 1.165) is 17.1 Å². The Balaban J connectivity index is 2.39. The molecule has 2 N–H and O–H groups in total. The van der Waals surface area contributed by atoms with Crippen molar-refractivity contribution in [2.45, 2.75) is 13.5 Å². The topological polar surface area (TPSA) is 56.7 Å². The quantitative estimate of drug-likeness (QED) is 0.766. The summed E-state index contributed by atoms with van der Waals surface area (Å²) in [5.41, 5.74) is 7.70. The van der Waals surface area contributed by atoms with Crippen molar-refractivity contribution >= 4 is 0 Å². The molecule has 0 fully saturated rings. The summed E-state index contributed by atoms with van der Waals surface area (Å²) in [6.45, 7) is 2.49. The fraction of sp³-hybridized carbons (Fsp3) is 0.200. The van der Waals surface area contributed by atoms with Gasteiger partial charge in [0.1, 0.15) is 12.2 Å². The van der Waals surface area contributed by atoms with E-state index < -0.39 is 0 Å². The molecule has 0 saturated carbocycles. The van der Waals surface area contributed by atoms with Gasteiger partial charge in [0.25, 0.3) is 0 Å². The molecule has 0 atom stereocenters. The lowest BCUT2D eigenvalue weighted by Gasteiger charge is -2.04. The van der Waals surface area contributed by atoms with Crippen molar-refractivity contribution in [3.05, 3.63) is 42.0 Å². The van der Waals surface area contributed by atoms with Crippen molar-refractivity contribution in [2.75, 3.05) is 0 Å². The third-order valence-electron chi connectivity index (χ3n) is 2.17. The molecule has 0 bridgehead atoms. The van der Waals surface area contributed by atoms with Gasteiger partial charge in [-0.1, -0.05) is 12.1 Å². The van der Waals surface area contributed by atoms with Gasteiger partial charge in [0.05, 0.1) is 0 Å². The minimum absolute atomic E-state index is 0.571. The number of hydrogen-bond donors (Lipinski definition) is 1. The normalized spacial score (nSPS) is 10.4. The Labute approximate surface area is 82.4 Å². The third kappa shape index (κ3) is 1.52. The fourth-order valence-corrected chi connectivity index (χ4v) is 1.34. The van der Waals surface area contributed by atoms with E-state index in [2.05, 4.69) is 10.2 Å². The summed E-state index contributed by atoms with van der Waals surface area (Å²) >= 11 is 0. The summed E-state index contributed by atoms with van der Waals surface area (Å²) in [6.07, 6.45) is 1.70. The van der Waals surface area contributed by atoms with Crippen LogP contribution in [0.5, 0.6) is 0 Å². The van der Waals surface area contributed by atoms with E-state index in [1.807, 2.05) is 35.8 Å². The standard InChI is InChI=1S/C10H12N4/c1-8-13-12-7-14(8)10-4-2-9(6-11)3-5-10/h2-5,7H,6,11H2,1H3. The van der Waals surface area contributed by atoms with E-state index in [1.165, 1.54) is 0 Å². The second-order valence-electron chi connectivity index (χ2n) is 3.12. The van der Waals surface area contributed by atoms with Gasteiger partial charge in [-0.15, -0.1) is 10.2 Å². The molecule has 0 spiro atoms. The molecule has 0 unspecified atom stereocenters. The Morgan fingerprint density at radius 2 is 2.00 bits per heavy atom. The zero-order valence-corrected chi connectivity index (χ0v) is 8.01. The van der Waals surface area contributed by atoms with Crippen molar-refractivity contribution in [2.24, 2.45) is 5.73 Å². The second-order valence-corrected chi connectivity index (χ2v) is 3.12. The van der Waals surface area contributed by atoms with Crippen molar-refractivity contribution < 1.29 is 0 Å². The predicted octanol–water partition coefficient (Wildman–Crippen LogP) is 1.03. The molecule has 0 aliphatic carbocycles. The Hall–Kier alpha value is -1.68. The van der Waals surface area contributed by atoms with Crippen LogP contribution in [0.4, 0.5) is 0 Å². The molecule has 2 aromatic rings. The molecule has 1 aromatic carbocycles. The Morgan fingerprint density at radius 1 is 1.29 bits per heavy atom. The molecular formula is C10H12N4. The molecule has 4 heteroatoms. The first-order valence-corrected chi connectivity index (χ1v) is 4.47. The summed E-state index contributed by atoms with van der Waals surface area (Å²) in [4.78, 5) is 0. The highest BCUT2D eigenvalue weighted by Gasteiger charge is 2.00. The average Bonchev–Trinajstić information content (AvgIpc) is 2.65. The molecule has 0 amide bonds.